The van der Waals surface area contributed by atoms with Crippen LogP contribution in [0.2, 0.25) is 0 Å². The minimum Gasteiger partial charge on any atom is -0.461 e. The van der Waals surface area contributed by atoms with Gasteiger partial charge in [-0.15, -0.1) is 11.3 Å². The van der Waals surface area contributed by atoms with Crippen LogP contribution in [0.5, 0.6) is 0 Å². The van der Waals surface area contributed by atoms with E-state index < -0.39 is 34.7 Å². The topological polar surface area (TPSA) is 90.3 Å². The number of carbonyl (C=O) groups excluding carboxylic acids is 2. The number of anilines is 1. The lowest BCUT2D eigenvalue weighted by molar-refractivity contribution is -0.137. The molecule has 0 atom stereocenters. The molecular weight excluding hydrogens is 471 g/mol. The van der Waals surface area contributed by atoms with Crippen LogP contribution in [0.15, 0.2) is 64.8 Å². The molecule has 2 heterocycles. The molecule has 0 aliphatic rings. The van der Waals surface area contributed by atoms with Crippen molar-refractivity contribution in [3.63, 3.8) is 0 Å². The predicted octanol–water partition coefficient (Wildman–Crippen LogP) is 4.90. The highest BCUT2D eigenvalue weighted by atomic mass is 32.1. The highest BCUT2D eigenvalue weighted by Crippen LogP contribution is 2.34. The van der Waals surface area contributed by atoms with E-state index in [0.717, 1.165) is 28.2 Å². The average molecular weight is 487 g/mol. The second-order valence-corrected chi connectivity index (χ2v) is 7.85. The number of hydrogen-bond acceptors (Lipinski definition) is 6. The van der Waals surface area contributed by atoms with Gasteiger partial charge in [0.2, 0.25) is 0 Å². The van der Waals surface area contributed by atoms with Gasteiger partial charge < -0.3 is 10.1 Å². The van der Waals surface area contributed by atoms with Crippen molar-refractivity contribution in [3.8, 4) is 5.69 Å². The number of ether oxygens (including phenoxy) is 1. The van der Waals surface area contributed by atoms with Crippen LogP contribution in [0.4, 0.5) is 18.2 Å². The largest absolute Gasteiger partial charge is 0.461 e. The van der Waals surface area contributed by atoms with Crippen LogP contribution in [0, 0.1) is 0 Å². The molecular formula is C23H16F3N3O4S. The first-order chi connectivity index (χ1) is 16.2. The molecule has 1 amide bonds. The Morgan fingerprint density at radius 3 is 2.44 bits per heavy atom. The van der Waals surface area contributed by atoms with Crippen LogP contribution < -0.4 is 10.9 Å². The lowest BCUT2D eigenvalue weighted by Gasteiger charge is -2.12. The summed E-state index contributed by atoms with van der Waals surface area (Å²) >= 11 is 0.893. The minimum absolute atomic E-state index is 0.0143. The maximum Gasteiger partial charge on any atom is 0.417 e. The molecule has 7 nitrogen and oxygen atoms in total. The molecule has 11 heteroatoms. The number of amides is 1. The zero-order chi connectivity index (χ0) is 24.5. The quantitative estimate of drug-likeness (QED) is 0.405. The number of thiophene rings is 1. The number of rotatable bonds is 5. The van der Waals surface area contributed by atoms with Crippen LogP contribution in [0.3, 0.4) is 0 Å². The van der Waals surface area contributed by atoms with Gasteiger partial charge in [0.15, 0.2) is 5.69 Å². The van der Waals surface area contributed by atoms with E-state index in [-0.39, 0.29) is 28.1 Å². The summed E-state index contributed by atoms with van der Waals surface area (Å²) in [5, 5.41) is 8.03. The molecule has 0 aliphatic carbocycles. The number of benzene rings is 2. The Bertz CT molecular complexity index is 1450. The van der Waals surface area contributed by atoms with Gasteiger partial charge in [-0.3, -0.25) is 9.59 Å². The van der Waals surface area contributed by atoms with Gasteiger partial charge >= 0.3 is 12.1 Å². The Hall–Kier alpha value is -3.99. The van der Waals surface area contributed by atoms with Gasteiger partial charge in [-0.25, -0.2) is 4.79 Å². The molecule has 0 saturated carbocycles. The molecule has 4 aromatic rings. The fraction of sp³-hybridized carbons (Fsp3) is 0.130. The van der Waals surface area contributed by atoms with E-state index in [1.165, 1.54) is 17.5 Å². The number of aromatic nitrogens is 2. The fourth-order valence-electron chi connectivity index (χ4n) is 3.33. The fourth-order valence-corrected chi connectivity index (χ4v) is 4.27. The van der Waals surface area contributed by atoms with Gasteiger partial charge in [0.25, 0.3) is 11.5 Å². The summed E-state index contributed by atoms with van der Waals surface area (Å²) in [6, 6.07) is 12.6. The SMILES string of the molecule is CCOC(=O)c1nn(-c2ccccc2)c(=O)c2c(NC(=O)c3ccccc3C(F)(F)F)scc12. The zero-order valence-corrected chi connectivity index (χ0v) is 18.4. The number of fused-ring (bicyclic) bond motifs is 1. The Morgan fingerprint density at radius 2 is 1.76 bits per heavy atom. The molecule has 2 aromatic carbocycles. The van der Waals surface area contributed by atoms with Crippen molar-refractivity contribution in [3.05, 3.63) is 87.2 Å². The van der Waals surface area contributed by atoms with Crippen molar-refractivity contribution in [1.29, 1.82) is 0 Å². The Morgan fingerprint density at radius 1 is 1.09 bits per heavy atom. The van der Waals surface area contributed by atoms with E-state index in [4.69, 9.17) is 4.74 Å². The summed E-state index contributed by atoms with van der Waals surface area (Å²) in [5.41, 5.74) is -2.17. The lowest BCUT2D eigenvalue weighted by Crippen LogP contribution is -2.26. The van der Waals surface area contributed by atoms with E-state index in [1.807, 2.05) is 0 Å². The molecule has 4 rings (SSSR count). The molecule has 2 aromatic heterocycles. The van der Waals surface area contributed by atoms with Crippen LogP contribution in [0.25, 0.3) is 16.5 Å². The monoisotopic (exact) mass is 487 g/mol. The highest BCUT2D eigenvalue weighted by Gasteiger charge is 2.35. The van der Waals surface area contributed by atoms with E-state index in [0.29, 0.717) is 5.69 Å². The van der Waals surface area contributed by atoms with Crippen LogP contribution in [0.1, 0.15) is 33.3 Å². The number of alkyl halides is 3. The number of para-hydroxylation sites is 1. The van der Waals surface area contributed by atoms with Crippen molar-refractivity contribution in [2.75, 3.05) is 11.9 Å². The van der Waals surface area contributed by atoms with Gasteiger partial charge in [0.1, 0.15) is 5.00 Å². The van der Waals surface area contributed by atoms with Crippen LogP contribution >= 0.6 is 11.3 Å². The molecule has 0 aliphatic heterocycles. The van der Waals surface area contributed by atoms with Crippen LogP contribution in [-0.2, 0) is 10.9 Å². The van der Waals surface area contributed by atoms with Gasteiger partial charge in [-0.1, -0.05) is 30.3 Å². The average Bonchev–Trinajstić information content (AvgIpc) is 3.23. The maximum atomic E-state index is 13.4. The summed E-state index contributed by atoms with van der Waals surface area (Å²) in [5.74, 6) is -1.83. The van der Waals surface area contributed by atoms with Crippen molar-refractivity contribution >= 4 is 39.0 Å². The molecule has 34 heavy (non-hydrogen) atoms. The van der Waals surface area contributed by atoms with Gasteiger partial charge in [-0.05, 0) is 31.2 Å². The third-order valence-electron chi connectivity index (χ3n) is 4.83. The highest BCUT2D eigenvalue weighted by molar-refractivity contribution is 7.16. The number of nitrogens with one attached hydrogen (secondary N) is 1. The Balaban J connectivity index is 1.87. The first-order valence-electron chi connectivity index (χ1n) is 9.97. The first kappa shape index (κ1) is 23.2. The lowest BCUT2D eigenvalue weighted by atomic mass is 10.1. The van der Waals surface area contributed by atoms with E-state index >= 15 is 0 Å². The standard InChI is InChI=1S/C23H16F3N3O4S/c1-2-33-22(32)18-15-12-34-20(17(15)21(31)29(28-18)13-8-4-3-5-9-13)27-19(30)14-10-6-7-11-16(14)23(24,25)26/h3-12H,2H2,1H3,(H,27,30). The molecule has 0 spiro atoms. The minimum atomic E-state index is -4.74. The zero-order valence-electron chi connectivity index (χ0n) is 17.6. The first-order valence-corrected chi connectivity index (χ1v) is 10.8. The summed E-state index contributed by atoms with van der Waals surface area (Å²) in [4.78, 5) is 38.7. The van der Waals surface area contributed by atoms with Crippen molar-refractivity contribution in [2.24, 2.45) is 0 Å². The summed E-state index contributed by atoms with van der Waals surface area (Å²) in [6.45, 7) is 1.67. The number of halogens is 3. The Labute approximate surface area is 194 Å². The summed E-state index contributed by atoms with van der Waals surface area (Å²) in [6.07, 6.45) is -4.74. The second kappa shape index (κ2) is 9.10. The third-order valence-corrected chi connectivity index (χ3v) is 5.72. The molecule has 0 radical (unpaired) electrons. The number of hydrogen-bond donors (Lipinski definition) is 1. The molecule has 0 bridgehead atoms. The molecule has 174 valence electrons. The normalized spacial score (nSPS) is 11.4. The molecule has 0 fully saturated rings. The molecule has 1 N–H and O–H groups in total. The van der Waals surface area contributed by atoms with Crippen LogP contribution in [-0.4, -0.2) is 28.3 Å². The number of nitrogens with zero attached hydrogens (tertiary/aromatic N) is 2. The van der Waals surface area contributed by atoms with Crippen molar-refractivity contribution in [2.45, 2.75) is 13.1 Å². The summed E-state index contributed by atoms with van der Waals surface area (Å²) < 4.78 is 46.1. The van der Waals surface area contributed by atoms with Gasteiger partial charge in [0, 0.05) is 10.8 Å². The Kier molecular flexibility index (Phi) is 6.20. The van der Waals surface area contributed by atoms with E-state index in [9.17, 15) is 27.6 Å². The van der Waals surface area contributed by atoms with Crippen molar-refractivity contribution < 1.29 is 27.5 Å². The third kappa shape index (κ3) is 4.29. The smallest absolute Gasteiger partial charge is 0.417 e. The molecule has 0 unspecified atom stereocenters. The maximum absolute atomic E-state index is 13.4. The summed E-state index contributed by atoms with van der Waals surface area (Å²) in [7, 11) is 0. The predicted molar refractivity (Wildman–Crippen MR) is 121 cm³/mol. The molecule has 0 saturated heterocycles. The second-order valence-electron chi connectivity index (χ2n) is 6.97. The number of esters is 1. The van der Waals surface area contributed by atoms with Crippen molar-refractivity contribution in [1.82, 2.24) is 9.78 Å². The van der Waals surface area contributed by atoms with E-state index in [2.05, 4.69) is 10.4 Å². The van der Waals surface area contributed by atoms with Gasteiger partial charge in [0.05, 0.1) is 28.8 Å². The number of carbonyl (C=O) groups is 2. The van der Waals surface area contributed by atoms with E-state index in [1.54, 1.807) is 37.3 Å². The van der Waals surface area contributed by atoms with Gasteiger partial charge in [-0.2, -0.15) is 23.0 Å².